The van der Waals surface area contributed by atoms with Crippen LogP contribution in [0.25, 0.3) is 0 Å². The first-order valence-electron chi connectivity index (χ1n) is 3.72. The van der Waals surface area contributed by atoms with Crippen molar-refractivity contribution in [3.05, 3.63) is 0 Å². The molecule has 0 atom stereocenters. The quantitative estimate of drug-likeness (QED) is 0.719. The van der Waals surface area contributed by atoms with Crippen molar-refractivity contribution in [1.82, 2.24) is 0 Å². The van der Waals surface area contributed by atoms with Crippen molar-refractivity contribution in [2.45, 2.75) is 36.4 Å². The van der Waals surface area contributed by atoms with Gasteiger partial charge < -0.3 is 0 Å². The normalized spacial score (nSPS) is 11.5. The number of hydrogen-bond donors (Lipinski definition) is 1. The molecule has 0 amide bonds. The van der Waals surface area contributed by atoms with Gasteiger partial charge in [0.25, 0.3) is 0 Å². The zero-order chi connectivity index (χ0) is 8.20. The van der Waals surface area contributed by atoms with E-state index in [0.29, 0.717) is 0 Å². The molecule has 0 bridgehead atoms. The molecule has 0 aliphatic heterocycles. The van der Waals surface area contributed by atoms with Gasteiger partial charge in [-0.3, -0.25) is 0 Å². The van der Waals surface area contributed by atoms with Crippen LogP contribution in [0.1, 0.15) is 20.8 Å². The van der Waals surface area contributed by atoms with Crippen molar-refractivity contribution < 1.29 is 9.90 Å². The summed E-state index contributed by atoms with van der Waals surface area (Å²) in [6.45, 7) is 6.02. The second kappa shape index (κ2) is 4.02. The van der Waals surface area contributed by atoms with E-state index in [2.05, 4.69) is 0 Å². The van der Waals surface area contributed by atoms with Gasteiger partial charge in [0.1, 0.15) is 0 Å². The Hall–Kier alpha value is 0.0284. The fourth-order valence-electron chi connectivity index (χ4n) is 1.08. The molecule has 0 saturated heterocycles. The van der Waals surface area contributed by atoms with E-state index < -0.39 is 18.3 Å². The van der Waals surface area contributed by atoms with Crippen LogP contribution in [0.4, 0.5) is 4.79 Å². The van der Waals surface area contributed by atoms with Crippen LogP contribution in [0.2, 0.25) is 15.6 Å². The van der Waals surface area contributed by atoms with Crippen LogP contribution in [0, 0.1) is 0 Å². The van der Waals surface area contributed by atoms with E-state index in [4.69, 9.17) is 5.11 Å². The van der Waals surface area contributed by atoms with Gasteiger partial charge in [0.05, 0.1) is 0 Å². The van der Waals surface area contributed by atoms with Crippen molar-refractivity contribution in [2.24, 2.45) is 0 Å². The Morgan fingerprint density at radius 1 is 1.20 bits per heavy atom. The zero-order valence-corrected chi connectivity index (χ0v) is 8.80. The Morgan fingerprint density at radius 2 is 1.50 bits per heavy atom. The molecular formula is C7H16AsO2. The van der Waals surface area contributed by atoms with Gasteiger partial charge in [0.15, 0.2) is 0 Å². The summed E-state index contributed by atoms with van der Waals surface area (Å²) in [5.74, 6) is 0. The molecular weight excluding hydrogens is 191 g/mol. The molecule has 0 heterocycles. The third kappa shape index (κ3) is 1.76. The Balaban J connectivity index is 4.31. The molecule has 0 aromatic heterocycles. The summed E-state index contributed by atoms with van der Waals surface area (Å²) in [5, 5.41) is 11.6. The van der Waals surface area contributed by atoms with Gasteiger partial charge in [-0.25, -0.2) is 0 Å². The van der Waals surface area contributed by atoms with Crippen molar-refractivity contribution in [3.8, 4) is 0 Å². The summed E-state index contributed by atoms with van der Waals surface area (Å²) in [7, 11) is 0. The fraction of sp³-hybridized carbons (Fsp3) is 0.857. The van der Waals surface area contributed by atoms with Gasteiger partial charge in [-0.1, -0.05) is 0 Å². The molecule has 1 radical (unpaired) electrons. The number of hydrogen-bond acceptors (Lipinski definition) is 1. The predicted molar refractivity (Wildman–Crippen MR) is 45.2 cm³/mol. The van der Waals surface area contributed by atoms with E-state index >= 15 is 0 Å². The summed E-state index contributed by atoms with van der Waals surface area (Å²) in [6, 6.07) is 0. The number of carbonyl (C=O) groups is 1. The molecule has 0 aromatic carbocycles. The monoisotopic (exact) mass is 207 g/mol. The van der Waals surface area contributed by atoms with Gasteiger partial charge in [-0.15, -0.1) is 0 Å². The van der Waals surface area contributed by atoms with E-state index in [1.54, 1.807) is 0 Å². The maximum atomic E-state index is 10.8. The molecule has 0 aliphatic carbocycles. The summed E-state index contributed by atoms with van der Waals surface area (Å²) in [6.07, 6.45) is 0. The fourth-order valence-corrected chi connectivity index (χ4v) is 5.59. The van der Waals surface area contributed by atoms with Gasteiger partial charge in [-0.05, 0) is 0 Å². The van der Waals surface area contributed by atoms with Crippen molar-refractivity contribution >= 4 is 18.3 Å². The topological polar surface area (TPSA) is 37.3 Å². The first-order valence-corrected chi connectivity index (χ1v) is 8.64. The third-order valence-electron chi connectivity index (χ3n) is 2.22. The first-order chi connectivity index (χ1) is 4.63. The molecule has 0 aromatic rings. The van der Waals surface area contributed by atoms with Crippen LogP contribution in [0.15, 0.2) is 0 Å². The Morgan fingerprint density at radius 3 is 1.50 bits per heavy atom. The molecule has 0 aliphatic rings. The van der Waals surface area contributed by atoms with Gasteiger partial charge >= 0.3 is 64.6 Å². The third-order valence-corrected chi connectivity index (χ3v) is 11.5. The van der Waals surface area contributed by atoms with Crippen LogP contribution in [0.5, 0.6) is 0 Å². The van der Waals surface area contributed by atoms with Gasteiger partial charge in [0, 0.05) is 0 Å². The van der Waals surface area contributed by atoms with Crippen LogP contribution >= 0.6 is 0 Å². The minimum absolute atomic E-state index is 0.481. The van der Waals surface area contributed by atoms with Crippen molar-refractivity contribution in [2.75, 3.05) is 0 Å². The molecule has 1 N–H and O–H groups in total. The van der Waals surface area contributed by atoms with E-state index in [-0.39, 0.29) is 0 Å². The van der Waals surface area contributed by atoms with Gasteiger partial charge in [-0.2, -0.15) is 0 Å². The second-order valence-electron chi connectivity index (χ2n) is 2.38. The van der Waals surface area contributed by atoms with E-state index in [1.807, 2.05) is 20.8 Å². The molecule has 0 fully saturated rings. The summed E-state index contributed by atoms with van der Waals surface area (Å²) < 4.78 is -0.481. The van der Waals surface area contributed by atoms with Crippen LogP contribution < -0.4 is 0 Å². The molecule has 0 spiro atoms. The first kappa shape index (κ1) is 10.0. The van der Waals surface area contributed by atoms with E-state index in [1.165, 1.54) is 0 Å². The van der Waals surface area contributed by atoms with Crippen LogP contribution in [-0.2, 0) is 0 Å². The molecule has 3 heteroatoms. The zero-order valence-electron chi connectivity index (χ0n) is 6.92. The summed E-state index contributed by atoms with van der Waals surface area (Å²) >= 11 is -2.22. The molecule has 61 valence electrons. The van der Waals surface area contributed by atoms with Crippen LogP contribution in [0.3, 0.4) is 0 Å². The molecule has 10 heavy (non-hydrogen) atoms. The maximum absolute atomic E-state index is 10.8. The van der Waals surface area contributed by atoms with Crippen molar-refractivity contribution in [3.63, 3.8) is 0 Å². The number of rotatable bonds is 4. The SMILES string of the molecule is CC[As](CC)(CC)C(=O)O. The predicted octanol–water partition coefficient (Wildman–Crippen LogP) is 2.75. The molecule has 0 saturated carbocycles. The number of carboxylic acid groups (broad SMARTS) is 1. The summed E-state index contributed by atoms with van der Waals surface area (Å²) in [5.41, 5.74) is 0. The Kier molecular flexibility index (Phi) is 4.03. The molecule has 0 unspecified atom stereocenters. The average molecular weight is 207 g/mol. The summed E-state index contributed by atoms with van der Waals surface area (Å²) in [4.78, 5) is 10.8. The van der Waals surface area contributed by atoms with Gasteiger partial charge in [0.2, 0.25) is 0 Å². The minimum atomic E-state index is -2.22. The van der Waals surface area contributed by atoms with E-state index in [9.17, 15) is 4.79 Å². The second-order valence-corrected chi connectivity index (χ2v) is 12.0. The Bertz CT molecular complexity index is 111. The average Bonchev–Trinajstić information content (AvgIpc) is 1.92. The van der Waals surface area contributed by atoms with E-state index in [0.717, 1.165) is 15.6 Å². The molecule has 2 nitrogen and oxygen atoms in total. The molecule has 0 rings (SSSR count). The van der Waals surface area contributed by atoms with Crippen molar-refractivity contribution in [1.29, 1.82) is 0 Å². The Labute approximate surface area is 65.1 Å². The standard InChI is InChI=1S/C7H16AsO2/c1-4-8(5-2,6-3)7(9)10/h4-6H2,1-3H3,(H,9,10). The van der Waals surface area contributed by atoms with Crippen LogP contribution in [-0.4, -0.2) is 23.4 Å².